The van der Waals surface area contributed by atoms with Crippen molar-refractivity contribution >= 4 is 11.6 Å². The highest BCUT2D eigenvalue weighted by Crippen LogP contribution is 2.26. The molecule has 106 valence electrons. The molecule has 0 N–H and O–H groups in total. The number of halogens is 1. The fourth-order valence-corrected chi connectivity index (χ4v) is 2.80. The Bertz CT molecular complexity index is 554. The van der Waals surface area contributed by atoms with E-state index in [0.717, 1.165) is 50.0 Å². The van der Waals surface area contributed by atoms with Crippen LogP contribution in [0.25, 0.3) is 0 Å². The van der Waals surface area contributed by atoms with Gasteiger partial charge in [0.25, 0.3) is 0 Å². The summed E-state index contributed by atoms with van der Waals surface area (Å²) in [7, 11) is 0. The first-order chi connectivity index (χ1) is 9.81. The molecule has 1 aromatic carbocycles. The fourth-order valence-electron chi connectivity index (χ4n) is 2.60. The molecular formula is C16H19ClN2O. The zero-order valence-electron chi connectivity index (χ0n) is 11.5. The van der Waals surface area contributed by atoms with Crippen molar-refractivity contribution in [3.8, 4) is 5.75 Å². The number of aromatic nitrogens is 1. The standard InChI is InChI=1S/C16H19ClN2O/c17-15-4-5-16-14(12-15)13-19(10-11-20-16)9-3-8-18-6-1-2-7-18/h1-2,4-7,12H,3,8-11,13H2. The molecule has 1 aliphatic rings. The molecule has 20 heavy (non-hydrogen) atoms. The minimum absolute atomic E-state index is 0.748. The average Bonchev–Trinajstić information content (AvgIpc) is 2.86. The molecule has 0 saturated heterocycles. The summed E-state index contributed by atoms with van der Waals surface area (Å²) in [6.45, 7) is 4.78. The van der Waals surface area contributed by atoms with E-state index in [1.54, 1.807) is 0 Å². The summed E-state index contributed by atoms with van der Waals surface area (Å²) < 4.78 is 8.00. The second-order valence-electron chi connectivity index (χ2n) is 5.15. The topological polar surface area (TPSA) is 17.4 Å². The Balaban J connectivity index is 1.58. The van der Waals surface area contributed by atoms with Crippen molar-refractivity contribution in [2.24, 2.45) is 0 Å². The van der Waals surface area contributed by atoms with Gasteiger partial charge in [-0.15, -0.1) is 0 Å². The second kappa shape index (κ2) is 6.33. The van der Waals surface area contributed by atoms with Gasteiger partial charge in [0.1, 0.15) is 12.4 Å². The van der Waals surface area contributed by atoms with Crippen molar-refractivity contribution in [2.45, 2.75) is 19.5 Å². The van der Waals surface area contributed by atoms with Gasteiger partial charge in [0.15, 0.2) is 0 Å². The van der Waals surface area contributed by atoms with Crippen LogP contribution >= 0.6 is 11.6 Å². The number of benzene rings is 1. The second-order valence-corrected chi connectivity index (χ2v) is 5.59. The van der Waals surface area contributed by atoms with Crippen LogP contribution in [0.2, 0.25) is 5.02 Å². The Labute approximate surface area is 124 Å². The van der Waals surface area contributed by atoms with Crippen molar-refractivity contribution in [3.05, 3.63) is 53.3 Å². The third kappa shape index (κ3) is 3.35. The number of aryl methyl sites for hydroxylation is 1. The molecule has 1 aliphatic heterocycles. The van der Waals surface area contributed by atoms with Crippen LogP contribution in [0.4, 0.5) is 0 Å². The predicted octanol–water partition coefficient (Wildman–Crippen LogP) is 3.43. The number of rotatable bonds is 4. The van der Waals surface area contributed by atoms with Crippen LogP contribution in [0.1, 0.15) is 12.0 Å². The van der Waals surface area contributed by atoms with Crippen molar-refractivity contribution < 1.29 is 4.74 Å². The van der Waals surface area contributed by atoms with Gasteiger partial charge in [-0.05, 0) is 36.8 Å². The Kier molecular flexibility index (Phi) is 4.28. The molecular weight excluding hydrogens is 272 g/mol. The van der Waals surface area contributed by atoms with Gasteiger partial charge >= 0.3 is 0 Å². The highest BCUT2D eigenvalue weighted by molar-refractivity contribution is 6.30. The molecule has 0 bridgehead atoms. The Morgan fingerprint density at radius 2 is 2.00 bits per heavy atom. The summed E-state index contributed by atoms with van der Waals surface area (Å²) >= 11 is 6.07. The maximum Gasteiger partial charge on any atom is 0.123 e. The first kappa shape index (κ1) is 13.5. The summed E-state index contributed by atoms with van der Waals surface area (Å²) in [6.07, 6.45) is 5.37. The van der Waals surface area contributed by atoms with Crippen LogP contribution in [0, 0.1) is 0 Å². The maximum atomic E-state index is 6.07. The number of nitrogens with zero attached hydrogens (tertiary/aromatic N) is 2. The summed E-state index contributed by atoms with van der Waals surface area (Å²) in [5.74, 6) is 0.974. The van der Waals surface area contributed by atoms with E-state index in [1.807, 2.05) is 18.2 Å². The van der Waals surface area contributed by atoms with Crippen LogP contribution in [-0.2, 0) is 13.1 Å². The van der Waals surface area contributed by atoms with Crippen LogP contribution in [0.3, 0.4) is 0 Å². The quantitative estimate of drug-likeness (QED) is 0.858. The largest absolute Gasteiger partial charge is 0.492 e. The van der Waals surface area contributed by atoms with Crippen molar-refractivity contribution in [3.63, 3.8) is 0 Å². The van der Waals surface area contributed by atoms with E-state index < -0.39 is 0 Å². The van der Waals surface area contributed by atoms with Crippen molar-refractivity contribution in [2.75, 3.05) is 19.7 Å². The highest BCUT2D eigenvalue weighted by Gasteiger charge is 2.15. The lowest BCUT2D eigenvalue weighted by Gasteiger charge is -2.19. The maximum absolute atomic E-state index is 6.07. The van der Waals surface area contributed by atoms with E-state index in [-0.39, 0.29) is 0 Å². The van der Waals surface area contributed by atoms with E-state index in [4.69, 9.17) is 16.3 Å². The van der Waals surface area contributed by atoms with Crippen LogP contribution in [0.5, 0.6) is 5.75 Å². The van der Waals surface area contributed by atoms with Gasteiger partial charge in [-0.3, -0.25) is 4.90 Å². The van der Waals surface area contributed by atoms with Gasteiger partial charge in [-0.25, -0.2) is 0 Å². The molecule has 0 fully saturated rings. The lowest BCUT2D eigenvalue weighted by atomic mass is 10.2. The molecule has 2 heterocycles. The number of fused-ring (bicyclic) bond motifs is 1. The molecule has 0 atom stereocenters. The number of ether oxygens (including phenoxy) is 1. The van der Waals surface area contributed by atoms with Gasteiger partial charge in [0.2, 0.25) is 0 Å². The minimum Gasteiger partial charge on any atom is -0.492 e. The molecule has 3 nitrogen and oxygen atoms in total. The third-order valence-electron chi connectivity index (χ3n) is 3.64. The zero-order chi connectivity index (χ0) is 13.8. The van der Waals surface area contributed by atoms with E-state index in [1.165, 1.54) is 5.56 Å². The lowest BCUT2D eigenvalue weighted by molar-refractivity contribution is 0.221. The monoisotopic (exact) mass is 290 g/mol. The van der Waals surface area contributed by atoms with Crippen LogP contribution in [0.15, 0.2) is 42.7 Å². The summed E-state index contributed by atoms with van der Waals surface area (Å²) in [5, 5.41) is 0.779. The molecule has 0 saturated carbocycles. The summed E-state index contributed by atoms with van der Waals surface area (Å²) in [5.41, 5.74) is 1.19. The van der Waals surface area contributed by atoms with Crippen molar-refractivity contribution in [1.82, 2.24) is 9.47 Å². The molecule has 0 unspecified atom stereocenters. The normalized spacial score (nSPS) is 15.4. The summed E-state index contributed by atoms with van der Waals surface area (Å²) in [4.78, 5) is 2.44. The summed E-state index contributed by atoms with van der Waals surface area (Å²) in [6, 6.07) is 10.0. The average molecular weight is 291 g/mol. The van der Waals surface area contributed by atoms with Crippen LogP contribution < -0.4 is 4.74 Å². The third-order valence-corrected chi connectivity index (χ3v) is 3.87. The van der Waals surface area contributed by atoms with E-state index in [0.29, 0.717) is 0 Å². The Morgan fingerprint density at radius 3 is 2.85 bits per heavy atom. The molecule has 2 aromatic rings. The van der Waals surface area contributed by atoms with Crippen LogP contribution in [-0.4, -0.2) is 29.2 Å². The zero-order valence-corrected chi connectivity index (χ0v) is 12.2. The predicted molar refractivity (Wildman–Crippen MR) is 81.3 cm³/mol. The molecule has 0 spiro atoms. The van der Waals surface area contributed by atoms with E-state index >= 15 is 0 Å². The molecule has 3 rings (SSSR count). The number of hydrogen-bond donors (Lipinski definition) is 0. The lowest BCUT2D eigenvalue weighted by Crippen LogP contribution is -2.27. The fraction of sp³-hybridized carbons (Fsp3) is 0.375. The SMILES string of the molecule is Clc1ccc2c(c1)CN(CCCn1cccc1)CCO2. The molecule has 0 aliphatic carbocycles. The molecule has 0 amide bonds. The highest BCUT2D eigenvalue weighted by atomic mass is 35.5. The van der Waals surface area contributed by atoms with E-state index in [2.05, 4.69) is 34.0 Å². The van der Waals surface area contributed by atoms with Crippen molar-refractivity contribution in [1.29, 1.82) is 0 Å². The molecule has 0 radical (unpaired) electrons. The van der Waals surface area contributed by atoms with Gasteiger partial charge in [-0.1, -0.05) is 11.6 Å². The first-order valence-electron chi connectivity index (χ1n) is 7.05. The smallest absolute Gasteiger partial charge is 0.123 e. The molecule has 4 heteroatoms. The Hall–Kier alpha value is -1.45. The Morgan fingerprint density at radius 1 is 1.15 bits per heavy atom. The van der Waals surface area contributed by atoms with Gasteiger partial charge in [-0.2, -0.15) is 0 Å². The van der Waals surface area contributed by atoms with Gasteiger partial charge in [0, 0.05) is 49.2 Å². The minimum atomic E-state index is 0.748. The van der Waals surface area contributed by atoms with E-state index in [9.17, 15) is 0 Å². The number of hydrogen-bond acceptors (Lipinski definition) is 2. The van der Waals surface area contributed by atoms with Gasteiger partial charge in [0.05, 0.1) is 0 Å². The molecule has 1 aromatic heterocycles. The first-order valence-corrected chi connectivity index (χ1v) is 7.43. The van der Waals surface area contributed by atoms with Gasteiger partial charge < -0.3 is 9.30 Å².